The molecule has 0 aliphatic carbocycles. The third kappa shape index (κ3) is 4.59. The molecule has 11 nitrogen and oxygen atoms in total. The second-order valence-electron chi connectivity index (χ2n) is 6.41. The number of ether oxygens (including phenoxy) is 2. The lowest BCUT2D eigenvalue weighted by Crippen LogP contribution is -2.22. The number of benzene rings is 1. The van der Waals surface area contributed by atoms with Crippen molar-refractivity contribution in [3.8, 4) is 17.7 Å². The molecule has 2 heterocycles. The topological polar surface area (TPSA) is 150 Å². The highest BCUT2D eigenvalue weighted by molar-refractivity contribution is 5.98. The summed E-state index contributed by atoms with van der Waals surface area (Å²) >= 11 is 0. The van der Waals surface area contributed by atoms with Crippen molar-refractivity contribution in [1.82, 2.24) is 4.57 Å². The number of hydrogen-bond donors (Lipinski definition) is 1. The third-order valence-corrected chi connectivity index (χ3v) is 4.31. The van der Waals surface area contributed by atoms with Crippen LogP contribution in [0.25, 0.3) is 5.88 Å². The van der Waals surface area contributed by atoms with Gasteiger partial charge in [0.15, 0.2) is 6.61 Å². The summed E-state index contributed by atoms with van der Waals surface area (Å²) in [6.07, 6.45) is 3.29. The zero-order chi connectivity index (χ0) is 23.3. The number of nitrogens with one attached hydrogen (secondary N) is 1. The number of esters is 1. The monoisotopic (exact) mass is 438 g/mol. The fourth-order valence-corrected chi connectivity index (χ4v) is 2.95. The molecule has 0 aliphatic rings. The molecule has 0 spiro atoms. The van der Waals surface area contributed by atoms with Crippen molar-refractivity contribution in [2.24, 2.45) is 0 Å². The first-order valence-electron chi connectivity index (χ1n) is 9.40. The molecular formula is C21H18N4O7. The van der Waals surface area contributed by atoms with Crippen LogP contribution in [0.3, 0.4) is 0 Å². The summed E-state index contributed by atoms with van der Waals surface area (Å²) in [6, 6.07) is 9.33. The molecule has 0 atom stereocenters. The molecule has 1 aromatic carbocycles. The first kappa shape index (κ1) is 22.1. The van der Waals surface area contributed by atoms with Gasteiger partial charge < -0.3 is 19.2 Å². The van der Waals surface area contributed by atoms with E-state index in [0.29, 0.717) is 6.61 Å². The third-order valence-electron chi connectivity index (χ3n) is 4.31. The highest BCUT2D eigenvalue weighted by Crippen LogP contribution is 2.29. The van der Waals surface area contributed by atoms with Gasteiger partial charge in [-0.1, -0.05) is 0 Å². The number of nitro groups is 1. The Kier molecular flexibility index (Phi) is 6.55. The average Bonchev–Trinajstić information content (AvgIpc) is 3.40. The summed E-state index contributed by atoms with van der Waals surface area (Å²) in [5.74, 6) is -1.15. The maximum atomic E-state index is 12.5. The van der Waals surface area contributed by atoms with Gasteiger partial charge in [0.2, 0.25) is 5.88 Å². The number of nitro benzene ring substituents is 1. The average molecular weight is 438 g/mol. The van der Waals surface area contributed by atoms with Crippen LogP contribution in [-0.2, 0) is 9.53 Å². The number of nitrogens with zero attached hydrogens (tertiary/aromatic N) is 3. The first-order chi connectivity index (χ1) is 15.3. The summed E-state index contributed by atoms with van der Waals surface area (Å²) in [6.45, 7) is 2.82. The number of hydrogen-bond acceptors (Lipinski definition) is 8. The van der Waals surface area contributed by atoms with Gasteiger partial charge in [-0.25, -0.2) is 4.79 Å². The highest BCUT2D eigenvalue weighted by atomic mass is 16.6. The Morgan fingerprint density at radius 3 is 2.66 bits per heavy atom. The molecule has 0 aliphatic heterocycles. The zero-order valence-electron chi connectivity index (χ0n) is 17.2. The molecule has 0 saturated heterocycles. The molecule has 0 fully saturated rings. The summed E-state index contributed by atoms with van der Waals surface area (Å²) in [5, 5.41) is 23.1. The fourth-order valence-electron chi connectivity index (χ4n) is 2.95. The molecule has 0 bridgehead atoms. The largest absolute Gasteiger partial charge is 0.494 e. The Bertz CT molecular complexity index is 1210. The Balaban J connectivity index is 1.72. The van der Waals surface area contributed by atoms with E-state index in [1.165, 1.54) is 29.7 Å². The van der Waals surface area contributed by atoms with Crippen LogP contribution in [0, 0.1) is 28.4 Å². The van der Waals surface area contributed by atoms with E-state index < -0.39 is 23.4 Å². The second-order valence-corrected chi connectivity index (χ2v) is 6.41. The molecule has 1 amide bonds. The minimum absolute atomic E-state index is 0.0359. The van der Waals surface area contributed by atoms with Gasteiger partial charge in [-0.2, -0.15) is 5.26 Å². The van der Waals surface area contributed by atoms with Crippen LogP contribution < -0.4 is 10.1 Å². The van der Waals surface area contributed by atoms with Gasteiger partial charge in [0.1, 0.15) is 34.4 Å². The van der Waals surface area contributed by atoms with E-state index in [4.69, 9.17) is 13.9 Å². The van der Waals surface area contributed by atoms with Crippen LogP contribution in [0.5, 0.6) is 5.75 Å². The van der Waals surface area contributed by atoms with Crippen molar-refractivity contribution in [2.75, 3.05) is 18.5 Å². The highest BCUT2D eigenvalue weighted by Gasteiger charge is 2.26. The van der Waals surface area contributed by atoms with Crippen LogP contribution in [0.2, 0.25) is 0 Å². The molecular weight excluding hydrogens is 420 g/mol. The molecule has 11 heteroatoms. The molecule has 1 N–H and O–H groups in total. The number of rotatable bonds is 8. The van der Waals surface area contributed by atoms with E-state index in [1.807, 2.05) is 6.07 Å². The van der Waals surface area contributed by atoms with Gasteiger partial charge >= 0.3 is 5.97 Å². The van der Waals surface area contributed by atoms with E-state index in [2.05, 4.69) is 5.32 Å². The van der Waals surface area contributed by atoms with Gasteiger partial charge in [-0.05, 0) is 38.1 Å². The predicted molar refractivity (Wildman–Crippen MR) is 111 cm³/mol. The van der Waals surface area contributed by atoms with Crippen LogP contribution in [0.15, 0.2) is 47.1 Å². The molecule has 164 valence electrons. The number of carbonyl (C=O) groups is 2. The van der Waals surface area contributed by atoms with Crippen molar-refractivity contribution < 1.29 is 28.4 Å². The molecule has 0 saturated carbocycles. The van der Waals surface area contributed by atoms with Crippen molar-refractivity contribution in [1.29, 1.82) is 5.26 Å². The van der Waals surface area contributed by atoms with Gasteiger partial charge in [-0.15, -0.1) is 0 Å². The van der Waals surface area contributed by atoms with E-state index in [-0.39, 0.29) is 39.9 Å². The van der Waals surface area contributed by atoms with Crippen LogP contribution >= 0.6 is 0 Å². The number of nitriles is 1. The van der Waals surface area contributed by atoms with Gasteiger partial charge in [0.05, 0.1) is 17.6 Å². The lowest BCUT2D eigenvalue weighted by atomic mass is 10.1. The lowest BCUT2D eigenvalue weighted by Gasteiger charge is -2.09. The SMILES string of the molecule is CCOc1ccc(NC(=O)COC(=O)c2c(C)oc(-n3cccc3)c2C#N)c([N+](=O)[O-])c1. The maximum Gasteiger partial charge on any atom is 0.343 e. The quantitative estimate of drug-likeness (QED) is 0.319. The number of aromatic nitrogens is 1. The summed E-state index contributed by atoms with van der Waals surface area (Å²) < 4.78 is 17.3. The molecule has 3 aromatic rings. The van der Waals surface area contributed by atoms with Crippen LogP contribution in [-0.4, -0.2) is 34.6 Å². The Labute approximate surface area is 181 Å². The van der Waals surface area contributed by atoms with Crippen LogP contribution in [0.1, 0.15) is 28.6 Å². The normalized spacial score (nSPS) is 10.3. The standard InChI is InChI=1S/C21H18N4O7/c1-3-30-14-6-7-16(17(10-14)25(28)29)23-18(26)12-31-21(27)19-13(2)32-20(15(19)11-22)24-8-4-5-9-24/h4-10H,3,12H2,1-2H3,(H,23,26). The lowest BCUT2D eigenvalue weighted by molar-refractivity contribution is -0.384. The number of anilines is 1. The minimum atomic E-state index is -0.933. The maximum absolute atomic E-state index is 12.5. The number of amides is 1. The Morgan fingerprint density at radius 2 is 2.03 bits per heavy atom. The Morgan fingerprint density at radius 1 is 1.31 bits per heavy atom. The fraction of sp³-hybridized carbons (Fsp3) is 0.190. The van der Waals surface area contributed by atoms with Crippen molar-refractivity contribution in [3.63, 3.8) is 0 Å². The smallest absolute Gasteiger partial charge is 0.343 e. The van der Waals surface area contributed by atoms with Gasteiger partial charge in [0, 0.05) is 12.4 Å². The zero-order valence-corrected chi connectivity index (χ0v) is 17.2. The number of furan rings is 1. The summed E-state index contributed by atoms with van der Waals surface area (Å²) in [4.78, 5) is 35.4. The molecule has 0 unspecified atom stereocenters. The second kappa shape index (κ2) is 9.48. The molecule has 3 rings (SSSR count). The summed E-state index contributed by atoms with van der Waals surface area (Å²) in [7, 11) is 0. The molecule has 0 radical (unpaired) electrons. The van der Waals surface area contributed by atoms with E-state index >= 15 is 0 Å². The minimum Gasteiger partial charge on any atom is -0.494 e. The van der Waals surface area contributed by atoms with E-state index in [1.54, 1.807) is 31.5 Å². The molecule has 32 heavy (non-hydrogen) atoms. The summed E-state index contributed by atoms with van der Waals surface area (Å²) in [5.41, 5.74) is -0.585. The number of carbonyl (C=O) groups excluding carboxylic acids is 2. The van der Waals surface area contributed by atoms with Crippen LogP contribution in [0.4, 0.5) is 11.4 Å². The van der Waals surface area contributed by atoms with Gasteiger partial charge in [-0.3, -0.25) is 19.5 Å². The van der Waals surface area contributed by atoms with E-state index in [0.717, 1.165) is 0 Å². The molecule has 2 aromatic heterocycles. The first-order valence-corrected chi connectivity index (χ1v) is 9.40. The van der Waals surface area contributed by atoms with Crippen molar-refractivity contribution in [2.45, 2.75) is 13.8 Å². The van der Waals surface area contributed by atoms with Gasteiger partial charge in [0.25, 0.3) is 11.6 Å². The predicted octanol–water partition coefficient (Wildman–Crippen LogP) is 3.35. The van der Waals surface area contributed by atoms with Crippen molar-refractivity contribution in [3.05, 3.63) is 69.7 Å². The Hall–Kier alpha value is -4.59. The van der Waals surface area contributed by atoms with Crippen molar-refractivity contribution >= 4 is 23.3 Å². The van der Waals surface area contributed by atoms with E-state index in [9.17, 15) is 25.0 Å². The number of aryl methyl sites for hydroxylation is 1.